The molecular weight excluding hydrogens is 492 g/mol. The summed E-state index contributed by atoms with van der Waals surface area (Å²) in [6.45, 7) is 12.6. The Morgan fingerprint density at radius 1 is 1.05 bits per heavy atom. The summed E-state index contributed by atoms with van der Waals surface area (Å²) < 4.78 is 0. The number of carbonyl (C=O) groups excluding carboxylic acids is 1. The van der Waals surface area contributed by atoms with Gasteiger partial charge in [0.1, 0.15) is 16.5 Å². The Balaban J connectivity index is 1.25. The first-order valence-electron chi connectivity index (χ1n) is 14.4. The molecule has 1 aliphatic carbocycles. The maximum Gasteiger partial charge on any atom is 0.321 e. The molecule has 1 saturated carbocycles. The van der Waals surface area contributed by atoms with Crippen molar-refractivity contribution in [2.24, 2.45) is 0 Å². The Kier molecular flexibility index (Phi) is 7.27. The number of rotatable bonds is 4. The van der Waals surface area contributed by atoms with Gasteiger partial charge in [0.15, 0.2) is 0 Å². The van der Waals surface area contributed by atoms with Gasteiger partial charge in [-0.25, -0.2) is 14.8 Å². The van der Waals surface area contributed by atoms with Crippen molar-refractivity contribution < 1.29 is 4.79 Å². The maximum atomic E-state index is 13.1. The van der Waals surface area contributed by atoms with E-state index >= 15 is 0 Å². The SMILES string of the molecule is CCN1CCc2c(sc3nc(C4CCCCC4)nc(N4CCN(C(=O)Nc5ccc(C)cc5C)CC4)c23)C1. The first-order valence-corrected chi connectivity index (χ1v) is 15.2. The fourth-order valence-corrected chi connectivity index (χ4v) is 7.62. The van der Waals surface area contributed by atoms with Crippen LogP contribution >= 0.6 is 11.3 Å². The van der Waals surface area contributed by atoms with Crippen LogP contribution < -0.4 is 10.2 Å². The van der Waals surface area contributed by atoms with Gasteiger partial charge in [-0.2, -0.15) is 0 Å². The van der Waals surface area contributed by atoms with Gasteiger partial charge in [0.25, 0.3) is 0 Å². The second-order valence-electron chi connectivity index (χ2n) is 11.3. The van der Waals surface area contributed by atoms with E-state index in [9.17, 15) is 4.79 Å². The van der Waals surface area contributed by atoms with E-state index < -0.39 is 0 Å². The molecule has 1 N–H and O–H groups in total. The van der Waals surface area contributed by atoms with Crippen molar-refractivity contribution in [2.75, 3.05) is 49.5 Å². The van der Waals surface area contributed by atoms with E-state index in [1.54, 1.807) is 0 Å². The lowest BCUT2D eigenvalue weighted by Crippen LogP contribution is -2.50. The number of fused-ring (bicyclic) bond motifs is 3. The number of amides is 2. The molecule has 2 amide bonds. The van der Waals surface area contributed by atoms with E-state index in [2.05, 4.69) is 35.0 Å². The number of carbonyl (C=O) groups is 1. The van der Waals surface area contributed by atoms with Crippen molar-refractivity contribution in [3.05, 3.63) is 45.6 Å². The highest BCUT2D eigenvalue weighted by Gasteiger charge is 2.30. The molecular formula is C30H40N6OS. The summed E-state index contributed by atoms with van der Waals surface area (Å²) in [4.78, 5) is 33.2. The number of urea groups is 1. The van der Waals surface area contributed by atoms with E-state index in [1.807, 2.05) is 35.3 Å². The minimum atomic E-state index is -0.0140. The molecule has 0 atom stereocenters. The lowest BCUT2D eigenvalue weighted by Gasteiger charge is -2.36. The van der Waals surface area contributed by atoms with Crippen LogP contribution in [0.5, 0.6) is 0 Å². The molecule has 0 spiro atoms. The molecule has 6 rings (SSSR count). The number of hydrogen-bond donors (Lipinski definition) is 1. The minimum Gasteiger partial charge on any atom is -0.352 e. The molecule has 8 heteroatoms. The van der Waals surface area contributed by atoms with Gasteiger partial charge >= 0.3 is 6.03 Å². The monoisotopic (exact) mass is 532 g/mol. The van der Waals surface area contributed by atoms with Crippen molar-refractivity contribution in [3.63, 3.8) is 0 Å². The van der Waals surface area contributed by atoms with Crippen LogP contribution in [-0.4, -0.2) is 65.1 Å². The summed E-state index contributed by atoms with van der Waals surface area (Å²) in [5, 5.41) is 4.42. The number of benzene rings is 1. The van der Waals surface area contributed by atoms with Gasteiger partial charge < -0.3 is 15.1 Å². The van der Waals surface area contributed by atoms with Gasteiger partial charge in [-0.15, -0.1) is 11.3 Å². The Morgan fingerprint density at radius 3 is 2.58 bits per heavy atom. The Bertz CT molecular complexity index is 1320. The first-order chi connectivity index (χ1) is 18.5. The van der Waals surface area contributed by atoms with Gasteiger partial charge in [0, 0.05) is 55.8 Å². The zero-order valence-corrected chi connectivity index (χ0v) is 23.9. The summed E-state index contributed by atoms with van der Waals surface area (Å²) in [6.07, 6.45) is 7.36. The second-order valence-corrected chi connectivity index (χ2v) is 12.3. The van der Waals surface area contributed by atoms with Gasteiger partial charge in [-0.1, -0.05) is 43.9 Å². The van der Waals surface area contributed by atoms with Crippen LogP contribution in [0, 0.1) is 13.8 Å². The third-order valence-electron chi connectivity index (χ3n) is 8.68. The number of piperazine rings is 1. The van der Waals surface area contributed by atoms with Gasteiger partial charge in [0.05, 0.1) is 5.39 Å². The smallest absolute Gasteiger partial charge is 0.321 e. The fraction of sp³-hybridized carbons (Fsp3) is 0.567. The number of aromatic nitrogens is 2. The van der Waals surface area contributed by atoms with E-state index in [0.717, 1.165) is 62.0 Å². The summed E-state index contributed by atoms with van der Waals surface area (Å²) in [6, 6.07) is 6.15. The molecule has 2 fully saturated rings. The number of aryl methyl sites for hydroxylation is 2. The highest BCUT2D eigenvalue weighted by atomic mass is 32.1. The van der Waals surface area contributed by atoms with Crippen molar-refractivity contribution in [3.8, 4) is 0 Å². The zero-order chi connectivity index (χ0) is 26.2. The molecule has 7 nitrogen and oxygen atoms in total. The number of thiophene rings is 1. The molecule has 2 aromatic heterocycles. The Labute approximate surface area is 230 Å². The summed E-state index contributed by atoms with van der Waals surface area (Å²) in [5.74, 6) is 2.64. The molecule has 1 aromatic carbocycles. The van der Waals surface area contributed by atoms with Gasteiger partial charge in [0.2, 0.25) is 0 Å². The summed E-state index contributed by atoms with van der Waals surface area (Å²) in [5.41, 5.74) is 4.66. The van der Waals surface area contributed by atoms with Crippen LogP contribution in [0.2, 0.25) is 0 Å². The third-order valence-corrected chi connectivity index (χ3v) is 9.80. The van der Waals surface area contributed by atoms with E-state index in [-0.39, 0.29) is 6.03 Å². The average Bonchev–Trinajstić information content (AvgIpc) is 3.32. The van der Waals surface area contributed by atoms with Crippen molar-refractivity contribution in [2.45, 2.75) is 71.8 Å². The molecule has 3 aromatic rings. The summed E-state index contributed by atoms with van der Waals surface area (Å²) >= 11 is 1.89. The van der Waals surface area contributed by atoms with Crippen LogP contribution in [0.4, 0.5) is 16.3 Å². The number of nitrogens with one attached hydrogen (secondary N) is 1. The predicted molar refractivity (Wildman–Crippen MR) is 157 cm³/mol. The first kappa shape index (κ1) is 25.6. The molecule has 38 heavy (non-hydrogen) atoms. The molecule has 202 valence electrons. The van der Waals surface area contributed by atoms with E-state index in [4.69, 9.17) is 9.97 Å². The number of likely N-dealkylation sites (N-methyl/N-ethyl adjacent to an activating group) is 1. The van der Waals surface area contributed by atoms with Crippen LogP contribution in [0.25, 0.3) is 10.2 Å². The van der Waals surface area contributed by atoms with Crippen molar-refractivity contribution in [1.29, 1.82) is 0 Å². The quantitative estimate of drug-likeness (QED) is 0.441. The predicted octanol–water partition coefficient (Wildman–Crippen LogP) is 6.09. The minimum absolute atomic E-state index is 0.0140. The molecule has 3 aliphatic rings. The number of hydrogen-bond acceptors (Lipinski definition) is 6. The van der Waals surface area contributed by atoms with Crippen molar-refractivity contribution >= 4 is 39.1 Å². The van der Waals surface area contributed by atoms with Crippen LogP contribution in [0.1, 0.15) is 72.3 Å². The highest BCUT2D eigenvalue weighted by molar-refractivity contribution is 7.19. The number of anilines is 2. The average molecular weight is 533 g/mol. The molecule has 2 aliphatic heterocycles. The second kappa shape index (κ2) is 10.8. The van der Waals surface area contributed by atoms with Gasteiger partial charge in [-0.05, 0) is 56.8 Å². The lowest BCUT2D eigenvalue weighted by molar-refractivity contribution is 0.208. The molecule has 0 unspecified atom stereocenters. The lowest BCUT2D eigenvalue weighted by atomic mass is 9.88. The molecule has 1 saturated heterocycles. The van der Waals surface area contributed by atoms with Crippen LogP contribution in [-0.2, 0) is 13.0 Å². The third kappa shape index (κ3) is 5.00. The van der Waals surface area contributed by atoms with Crippen LogP contribution in [0.15, 0.2) is 18.2 Å². The largest absolute Gasteiger partial charge is 0.352 e. The zero-order valence-electron chi connectivity index (χ0n) is 23.1. The normalized spacial score (nSPS) is 19.1. The summed E-state index contributed by atoms with van der Waals surface area (Å²) in [7, 11) is 0. The standard InChI is InChI=1S/C30H40N6OS/c1-4-34-13-12-23-25(19-34)38-29-26(23)28(32-27(33-29)22-8-6-5-7-9-22)35-14-16-36(17-15-35)30(37)31-24-11-10-20(2)18-21(24)3/h10-11,18,22H,4-9,12-17,19H2,1-3H3,(H,31,37). The Hall–Kier alpha value is -2.71. The number of nitrogens with zero attached hydrogens (tertiary/aromatic N) is 5. The molecule has 0 bridgehead atoms. The molecule has 0 radical (unpaired) electrons. The topological polar surface area (TPSA) is 64.6 Å². The highest BCUT2D eigenvalue weighted by Crippen LogP contribution is 2.41. The van der Waals surface area contributed by atoms with E-state index in [1.165, 1.54) is 58.3 Å². The van der Waals surface area contributed by atoms with Crippen molar-refractivity contribution in [1.82, 2.24) is 19.8 Å². The van der Waals surface area contributed by atoms with Crippen LogP contribution in [0.3, 0.4) is 0 Å². The Morgan fingerprint density at radius 2 is 1.84 bits per heavy atom. The molecule has 4 heterocycles. The fourth-order valence-electron chi connectivity index (χ4n) is 6.36. The van der Waals surface area contributed by atoms with Gasteiger partial charge in [-0.3, -0.25) is 4.90 Å². The van der Waals surface area contributed by atoms with E-state index in [0.29, 0.717) is 19.0 Å². The maximum absolute atomic E-state index is 13.1.